The van der Waals surface area contributed by atoms with E-state index in [-0.39, 0.29) is 0 Å². The molecule has 5 nitrogen and oxygen atoms in total. The molecule has 0 spiro atoms. The Morgan fingerprint density at radius 3 is 1.90 bits per heavy atom. The SMILES string of the molecule is O=C(O)C(Cl)(Br)P(=O)(O)O. The Morgan fingerprint density at radius 1 is 1.60 bits per heavy atom. The van der Waals surface area contributed by atoms with Crippen molar-refractivity contribution in [1.29, 1.82) is 0 Å². The molecule has 0 aliphatic heterocycles. The molecule has 0 aromatic carbocycles. The number of carbonyl (C=O) groups is 1. The third kappa shape index (κ3) is 1.93. The van der Waals surface area contributed by atoms with Crippen LogP contribution in [0.3, 0.4) is 0 Å². The standard InChI is InChI=1S/C2H3BrClO5P/c3-2(4,1(5)6)10(7,8)9/h(H,5,6)(H2,7,8,9). The van der Waals surface area contributed by atoms with Crippen LogP contribution in [0.2, 0.25) is 0 Å². The highest BCUT2D eigenvalue weighted by molar-refractivity contribution is 9.12. The normalized spacial score (nSPS) is 18.0. The molecule has 0 fully saturated rings. The van der Waals surface area contributed by atoms with Gasteiger partial charge in [0.25, 0.3) is 3.52 Å². The molecule has 8 heteroatoms. The van der Waals surface area contributed by atoms with Gasteiger partial charge in [-0.3, -0.25) is 4.57 Å². The molecule has 0 aliphatic carbocycles. The summed E-state index contributed by atoms with van der Waals surface area (Å²) >= 11 is 7.07. The fraction of sp³-hybridized carbons (Fsp3) is 0.500. The van der Waals surface area contributed by atoms with Crippen molar-refractivity contribution in [3.8, 4) is 0 Å². The lowest BCUT2D eigenvalue weighted by atomic mass is 10.8. The van der Waals surface area contributed by atoms with Crippen molar-refractivity contribution < 1.29 is 24.3 Å². The van der Waals surface area contributed by atoms with Gasteiger partial charge in [0.05, 0.1) is 0 Å². The van der Waals surface area contributed by atoms with E-state index in [0.717, 1.165) is 0 Å². The van der Waals surface area contributed by atoms with Crippen LogP contribution in [0.15, 0.2) is 0 Å². The van der Waals surface area contributed by atoms with Crippen molar-refractivity contribution in [1.82, 2.24) is 0 Å². The molecule has 0 aromatic heterocycles. The predicted molar refractivity (Wildman–Crippen MR) is 37.2 cm³/mol. The van der Waals surface area contributed by atoms with Crippen molar-refractivity contribution in [2.45, 2.75) is 3.52 Å². The molecule has 0 bridgehead atoms. The summed E-state index contributed by atoms with van der Waals surface area (Å²) in [5.74, 6) is -1.82. The summed E-state index contributed by atoms with van der Waals surface area (Å²) < 4.78 is 7.53. The minimum atomic E-state index is -4.84. The summed E-state index contributed by atoms with van der Waals surface area (Å²) in [6.45, 7) is 0. The minimum absolute atomic E-state index is 1.82. The molecule has 0 aliphatic rings. The summed E-state index contributed by atoms with van der Waals surface area (Å²) in [7, 11) is -4.84. The Morgan fingerprint density at radius 2 is 1.90 bits per heavy atom. The maximum absolute atomic E-state index is 10.2. The maximum atomic E-state index is 10.2. The van der Waals surface area contributed by atoms with Gasteiger partial charge in [0.15, 0.2) is 0 Å². The lowest BCUT2D eigenvalue weighted by molar-refractivity contribution is -0.135. The van der Waals surface area contributed by atoms with Crippen LogP contribution in [0, 0.1) is 0 Å². The van der Waals surface area contributed by atoms with E-state index in [2.05, 4.69) is 15.9 Å². The molecular formula is C2H3BrClO5P. The maximum Gasteiger partial charge on any atom is 0.368 e. The molecule has 1 unspecified atom stereocenters. The summed E-state index contributed by atoms with van der Waals surface area (Å²) in [6.07, 6.45) is 0. The van der Waals surface area contributed by atoms with Gasteiger partial charge in [-0.1, -0.05) is 11.6 Å². The van der Waals surface area contributed by atoms with Crippen molar-refractivity contribution in [3.63, 3.8) is 0 Å². The first-order valence-corrected chi connectivity index (χ1v) is 4.65. The van der Waals surface area contributed by atoms with E-state index in [4.69, 9.17) is 26.5 Å². The van der Waals surface area contributed by atoms with Gasteiger partial charge in [-0.15, -0.1) is 0 Å². The van der Waals surface area contributed by atoms with E-state index >= 15 is 0 Å². The molecule has 0 aromatic rings. The molecule has 0 rings (SSSR count). The molecule has 0 saturated carbocycles. The molecule has 3 N–H and O–H groups in total. The second kappa shape index (κ2) is 2.79. The molecule has 60 valence electrons. The van der Waals surface area contributed by atoms with E-state index in [1.54, 1.807) is 0 Å². The van der Waals surface area contributed by atoms with Crippen LogP contribution in [0.5, 0.6) is 0 Å². The molecule has 10 heavy (non-hydrogen) atoms. The van der Waals surface area contributed by atoms with Crippen molar-refractivity contribution >= 4 is 41.1 Å². The highest BCUT2D eigenvalue weighted by atomic mass is 79.9. The zero-order chi connectivity index (χ0) is 8.58. The number of aliphatic carboxylic acids is 1. The van der Waals surface area contributed by atoms with Gasteiger partial charge < -0.3 is 14.9 Å². The van der Waals surface area contributed by atoms with Gasteiger partial charge in [-0.05, 0) is 15.9 Å². The number of rotatable bonds is 2. The first-order chi connectivity index (χ1) is 4.19. The van der Waals surface area contributed by atoms with Crippen LogP contribution in [-0.4, -0.2) is 24.4 Å². The van der Waals surface area contributed by atoms with Gasteiger partial charge in [-0.2, -0.15) is 0 Å². The number of carboxylic acid groups (broad SMARTS) is 1. The van der Waals surface area contributed by atoms with Crippen LogP contribution < -0.4 is 0 Å². The number of halogens is 2. The molecule has 1 atom stereocenters. The van der Waals surface area contributed by atoms with E-state index in [9.17, 15) is 9.36 Å². The van der Waals surface area contributed by atoms with Gasteiger partial charge in [-0.25, -0.2) is 4.79 Å². The fourth-order valence-corrected chi connectivity index (χ4v) is 0.374. The first-order valence-electron chi connectivity index (χ1n) is 1.86. The predicted octanol–water partition coefficient (Wildman–Crippen LogP) is 0.536. The zero-order valence-corrected chi connectivity index (χ0v) is 7.60. The molecular weight excluding hydrogens is 250 g/mol. The fourth-order valence-electron chi connectivity index (χ4n) is 0.125. The molecule has 0 saturated heterocycles. The molecule has 0 radical (unpaired) electrons. The Labute approximate surface area is 69.3 Å². The Balaban J connectivity index is 4.75. The van der Waals surface area contributed by atoms with Gasteiger partial charge in [0, 0.05) is 0 Å². The minimum Gasteiger partial charge on any atom is -0.479 e. The Bertz CT molecular complexity index is 196. The van der Waals surface area contributed by atoms with Gasteiger partial charge in [0.1, 0.15) is 0 Å². The lowest BCUT2D eigenvalue weighted by Gasteiger charge is -2.14. The number of hydrogen-bond donors (Lipinski definition) is 3. The summed E-state index contributed by atoms with van der Waals surface area (Å²) in [4.78, 5) is 26.5. The molecule has 0 amide bonds. The second-order valence-electron chi connectivity index (χ2n) is 1.39. The van der Waals surface area contributed by atoms with Gasteiger partial charge >= 0.3 is 13.6 Å². The van der Waals surface area contributed by atoms with Crippen LogP contribution in [0.25, 0.3) is 0 Å². The summed E-state index contributed by atoms with van der Waals surface area (Å²) in [5, 5.41) is 8.11. The number of alkyl halides is 2. The highest BCUT2D eigenvalue weighted by Gasteiger charge is 2.50. The second-order valence-corrected chi connectivity index (χ2v) is 6.24. The number of hydrogen-bond acceptors (Lipinski definition) is 2. The van der Waals surface area contributed by atoms with Crippen molar-refractivity contribution in [2.24, 2.45) is 0 Å². The molecule has 0 heterocycles. The third-order valence-corrected chi connectivity index (χ3v) is 4.09. The highest BCUT2D eigenvalue weighted by Crippen LogP contribution is 2.57. The average Bonchev–Trinajstić information content (AvgIpc) is 1.62. The Kier molecular flexibility index (Phi) is 2.90. The largest absolute Gasteiger partial charge is 0.479 e. The summed E-state index contributed by atoms with van der Waals surface area (Å²) in [6, 6.07) is 0. The summed E-state index contributed by atoms with van der Waals surface area (Å²) in [5.41, 5.74) is 0. The average molecular weight is 253 g/mol. The van der Waals surface area contributed by atoms with E-state index in [0.29, 0.717) is 0 Å². The van der Waals surface area contributed by atoms with Crippen LogP contribution in [0.4, 0.5) is 0 Å². The zero-order valence-electron chi connectivity index (χ0n) is 4.36. The number of carboxylic acids is 1. The van der Waals surface area contributed by atoms with Crippen molar-refractivity contribution in [2.75, 3.05) is 0 Å². The van der Waals surface area contributed by atoms with E-state index in [1.807, 2.05) is 0 Å². The Hall–Kier alpha value is 0.390. The smallest absolute Gasteiger partial charge is 0.368 e. The van der Waals surface area contributed by atoms with Crippen LogP contribution >= 0.6 is 35.1 Å². The van der Waals surface area contributed by atoms with E-state index < -0.39 is 17.1 Å². The topological polar surface area (TPSA) is 94.8 Å². The first kappa shape index (κ1) is 10.4. The van der Waals surface area contributed by atoms with Crippen LogP contribution in [-0.2, 0) is 9.36 Å². The van der Waals surface area contributed by atoms with Crippen molar-refractivity contribution in [3.05, 3.63) is 0 Å². The lowest BCUT2D eigenvalue weighted by Crippen LogP contribution is -2.24. The van der Waals surface area contributed by atoms with Gasteiger partial charge in [0.2, 0.25) is 0 Å². The quantitative estimate of drug-likeness (QED) is 0.493. The van der Waals surface area contributed by atoms with E-state index in [1.165, 1.54) is 0 Å². The van der Waals surface area contributed by atoms with Crippen LogP contribution in [0.1, 0.15) is 0 Å². The third-order valence-electron chi connectivity index (χ3n) is 0.623. The monoisotopic (exact) mass is 252 g/mol.